The summed E-state index contributed by atoms with van der Waals surface area (Å²) in [6.45, 7) is 1.55. The van der Waals surface area contributed by atoms with Gasteiger partial charge in [-0.25, -0.2) is 9.59 Å². The molecule has 13 nitrogen and oxygen atoms in total. The number of nitrogens with zero attached hydrogens (tertiary/aromatic N) is 1. The molecule has 3 atom stereocenters. The van der Waals surface area contributed by atoms with Crippen LogP contribution in [-0.2, 0) is 43.5 Å². The zero-order valence-corrected chi connectivity index (χ0v) is 30.9. The van der Waals surface area contributed by atoms with Gasteiger partial charge in [-0.05, 0) is 70.0 Å². The molecule has 15 heteroatoms. The number of phenols is 1. The zero-order chi connectivity index (χ0) is 37.8. The molecular formula is C37H39BIN3O10. The number of nitrogens with one attached hydrogen (secondary N) is 2. The van der Waals surface area contributed by atoms with E-state index in [2.05, 4.69) is 10.6 Å². The van der Waals surface area contributed by atoms with E-state index in [1.807, 2.05) is 59.0 Å². The van der Waals surface area contributed by atoms with Gasteiger partial charge in [0.2, 0.25) is 11.8 Å². The number of esters is 1. The lowest BCUT2D eigenvalue weighted by Gasteiger charge is -2.28. The molecule has 4 rings (SSSR count). The van der Waals surface area contributed by atoms with Crippen LogP contribution in [0.4, 0.5) is 4.79 Å². The number of methoxy groups -OCH3 is 1. The van der Waals surface area contributed by atoms with Crippen LogP contribution >= 0.6 is 22.6 Å². The van der Waals surface area contributed by atoms with E-state index < -0.39 is 49.1 Å². The van der Waals surface area contributed by atoms with Gasteiger partial charge in [0.15, 0.2) is 0 Å². The maximum atomic E-state index is 13.8. The quantitative estimate of drug-likeness (QED) is 0.0679. The number of amides is 3. The van der Waals surface area contributed by atoms with Gasteiger partial charge in [-0.15, -0.1) is 0 Å². The number of hydrogen-bond donors (Lipinski definition) is 5. The molecule has 4 aromatic rings. The summed E-state index contributed by atoms with van der Waals surface area (Å²) in [6, 6.07) is 23.6. The highest BCUT2D eigenvalue weighted by molar-refractivity contribution is 14.1. The van der Waals surface area contributed by atoms with Gasteiger partial charge in [-0.2, -0.15) is 0 Å². The molecule has 0 saturated heterocycles. The molecule has 4 aromatic carbocycles. The van der Waals surface area contributed by atoms with Crippen LogP contribution in [-0.4, -0.2) is 77.3 Å². The second kappa shape index (κ2) is 18.9. The van der Waals surface area contributed by atoms with Crippen molar-refractivity contribution in [1.82, 2.24) is 15.5 Å². The minimum absolute atomic E-state index is 0.0191. The number of carbonyl (C=O) groups excluding carboxylic acids is 4. The Balaban J connectivity index is 1.47. The predicted molar refractivity (Wildman–Crippen MR) is 200 cm³/mol. The van der Waals surface area contributed by atoms with E-state index >= 15 is 0 Å². The van der Waals surface area contributed by atoms with E-state index in [0.717, 1.165) is 23.1 Å². The number of rotatable bonds is 15. The fourth-order valence-electron chi connectivity index (χ4n) is 5.19. The van der Waals surface area contributed by atoms with Gasteiger partial charge in [0.1, 0.15) is 42.8 Å². The number of aromatic hydroxyl groups is 1. The molecule has 0 aliphatic carbocycles. The van der Waals surface area contributed by atoms with Gasteiger partial charge in [0, 0.05) is 18.9 Å². The number of likely N-dealkylation sites (N-methyl/N-ethyl adjacent to an activating group) is 1. The molecule has 272 valence electrons. The van der Waals surface area contributed by atoms with Crippen LogP contribution in [0.5, 0.6) is 11.5 Å². The van der Waals surface area contributed by atoms with Crippen LogP contribution in [0.1, 0.15) is 35.2 Å². The van der Waals surface area contributed by atoms with Crippen LogP contribution in [0.2, 0.25) is 0 Å². The Bertz CT molecular complexity index is 1850. The third kappa shape index (κ3) is 10.9. The van der Waals surface area contributed by atoms with E-state index in [-0.39, 0.29) is 36.6 Å². The average Bonchev–Trinajstić information content (AvgIpc) is 3.14. The molecular weight excluding hydrogens is 784 g/mol. The topological polar surface area (TPSA) is 184 Å². The predicted octanol–water partition coefficient (Wildman–Crippen LogP) is 2.97. The van der Waals surface area contributed by atoms with Gasteiger partial charge < -0.3 is 40.0 Å². The molecule has 0 aliphatic heterocycles. The maximum Gasteiger partial charge on any atom is 0.492 e. The Hall–Kier alpha value is -5.13. The summed E-state index contributed by atoms with van der Waals surface area (Å²) in [4.78, 5) is 54.2. The van der Waals surface area contributed by atoms with Gasteiger partial charge in [0.25, 0.3) is 0 Å². The Morgan fingerprint density at radius 1 is 0.827 bits per heavy atom. The summed E-state index contributed by atoms with van der Waals surface area (Å²) < 4.78 is 16.6. The summed E-state index contributed by atoms with van der Waals surface area (Å²) in [7, 11) is 0.655. The van der Waals surface area contributed by atoms with Crippen molar-refractivity contribution in [2.75, 3.05) is 14.2 Å². The Morgan fingerprint density at radius 3 is 2.06 bits per heavy atom. The van der Waals surface area contributed by atoms with E-state index in [4.69, 9.17) is 14.2 Å². The van der Waals surface area contributed by atoms with E-state index in [1.165, 1.54) is 44.3 Å². The number of halogens is 1. The first-order valence-corrected chi connectivity index (χ1v) is 17.2. The molecule has 0 spiro atoms. The summed E-state index contributed by atoms with van der Waals surface area (Å²) in [5.41, 5.74) is 2.48. The molecule has 0 unspecified atom stereocenters. The van der Waals surface area contributed by atoms with E-state index in [9.17, 15) is 34.3 Å². The van der Waals surface area contributed by atoms with Crippen LogP contribution in [0.25, 0.3) is 0 Å². The number of ether oxygens (including phenoxy) is 3. The summed E-state index contributed by atoms with van der Waals surface area (Å²) in [6.07, 6.45) is -0.902. The molecule has 0 radical (unpaired) electrons. The molecule has 0 saturated carbocycles. The third-order valence-electron chi connectivity index (χ3n) is 8.00. The first-order valence-electron chi connectivity index (χ1n) is 16.1. The number of benzene rings is 4. The third-order valence-corrected chi connectivity index (χ3v) is 8.86. The van der Waals surface area contributed by atoms with Crippen molar-refractivity contribution in [3.05, 3.63) is 123 Å². The molecule has 5 N–H and O–H groups in total. The Morgan fingerprint density at radius 2 is 1.46 bits per heavy atom. The van der Waals surface area contributed by atoms with Crippen LogP contribution < -0.4 is 20.8 Å². The van der Waals surface area contributed by atoms with E-state index in [0.29, 0.717) is 14.7 Å². The van der Waals surface area contributed by atoms with Crippen molar-refractivity contribution in [2.24, 2.45) is 0 Å². The van der Waals surface area contributed by atoms with Gasteiger partial charge in [-0.1, -0.05) is 78.9 Å². The molecule has 0 aromatic heterocycles. The van der Waals surface area contributed by atoms with Crippen molar-refractivity contribution in [3.63, 3.8) is 0 Å². The number of phenolic OH excluding ortho intramolecular Hbond substituents is 1. The van der Waals surface area contributed by atoms with Crippen molar-refractivity contribution >= 4 is 59.0 Å². The average molecular weight is 823 g/mol. The SMILES string of the molecule is COC(=O)[C@H](Cc1ccc(OCc2ccccc2)c(B(O)O)c1)NC(=O)[C@H](C)NC(=O)[C@H](c1ccc(O)c(I)c1)N(C)C(=O)OCc1ccccc1. The lowest BCUT2D eigenvalue weighted by Crippen LogP contribution is -2.53. The molecule has 0 fully saturated rings. The molecule has 0 aliphatic rings. The van der Waals surface area contributed by atoms with Crippen molar-refractivity contribution in [1.29, 1.82) is 0 Å². The van der Waals surface area contributed by atoms with Gasteiger partial charge in [0.05, 0.1) is 10.7 Å². The molecule has 52 heavy (non-hydrogen) atoms. The second-order valence-electron chi connectivity index (χ2n) is 11.8. The molecule has 0 heterocycles. The first-order chi connectivity index (χ1) is 24.9. The second-order valence-corrected chi connectivity index (χ2v) is 13.0. The smallest absolute Gasteiger partial charge is 0.492 e. The Kier molecular flexibility index (Phi) is 14.4. The fourth-order valence-corrected chi connectivity index (χ4v) is 5.73. The number of hydrogen-bond acceptors (Lipinski definition) is 10. The largest absolute Gasteiger partial charge is 0.507 e. The highest BCUT2D eigenvalue weighted by atomic mass is 127. The highest BCUT2D eigenvalue weighted by Gasteiger charge is 2.33. The number of carbonyl (C=O) groups is 4. The minimum Gasteiger partial charge on any atom is -0.507 e. The minimum atomic E-state index is -1.88. The Labute approximate surface area is 315 Å². The lowest BCUT2D eigenvalue weighted by atomic mass is 9.78. The zero-order valence-electron chi connectivity index (χ0n) is 28.7. The maximum absolute atomic E-state index is 13.8. The standard InChI is InChI=1S/C37H39BIN3O10/c1-23(40-35(45)33(27-15-16-31(43)29(39)20-27)42(2)37(47)52-22-25-12-8-5-9-13-25)34(44)41-30(36(46)50-3)19-26-14-17-32(28(18-26)38(48)49)51-21-24-10-6-4-7-11-24/h4-18,20,23,30,33,43,48-49H,19,21-22H2,1-3H3,(H,40,45)(H,41,44)/t23-,30-,33-/m0/s1. The van der Waals surface area contributed by atoms with Crippen molar-refractivity contribution < 1.29 is 48.5 Å². The van der Waals surface area contributed by atoms with Gasteiger partial charge in [-0.3, -0.25) is 14.5 Å². The van der Waals surface area contributed by atoms with Crippen LogP contribution in [0.15, 0.2) is 97.1 Å². The van der Waals surface area contributed by atoms with Crippen LogP contribution in [0.3, 0.4) is 0 Å². The lowest BCUT2D eigenvalue weighted by molar-refractivity contribution is -0.145. The molecule has 0 bridgehead atoms. The fraction of sp³-hybridized carbons (Fsp3) is 0.243. The van der Waals surface area contributed by atoms with Crippen LogP contribution in [0, 0.1) is 3.57 Å². The highest BCUT2D eigenvalue weighted by Crippen LogP contribution is 2.28. The van der Waals surface area contributed by atoms with Crippen molar-refractivity contribution in [3.8, 4) is 11.5 Å². The summed E-state index contributed by atoms with van der Waals surface area (Å²) in [5, 5.41) is 35.4. The van der Waals surface area contributed by atoms with Gasteiger partial charge >= 0.3 is 19.2 Å². The first kappa shape index (κ1) is 39.7. The monoisotopic (exact) mass is 823 g/mol. The van der Waals surface area contributed by atoms with Crippen molar-refractivity contribution in [2.45, 2.75) is 44.7 Å². The van der Waals surface area contributed by atoms with E-state index in [1.54, 1.807) is 30.3 Å². The summed E-state index contributed by atoms with van der Waals surface area (Å²) in [5.74, 6) is -2.04. The normalized spacial score (nSPS) is 12.4. The summed E-state index contributed by atoms with van der Waals surface area (Å²) >= 11 is 1.89. The molecule has 3 amide bonds.